The molecule has 2 N–H and O–H groups in total. The Morgan fingerprint density at radius 3 is 2.53 bits per heavy atom. The van der Waals surface area contributed by atoms with E-state index < -0.39 is 0 Å². The van der Waals surface area contributed by atoms with E-state index in [2.05, 4.69) is 16.5 Å². The molecule has 3 nitrogen and oxygen atoms in total. The minimum absolute atomic E-state index is 0.623. The third-order valence-electron chi connectivity index (χ3n) is 2.96. The maximum Gasteiger partial charge on any atom is 0.140 e. The first-order valence-electron chi connectivity index (χ1n) is 5.61. The second-order valence-electron chi connectivity index (χ2n) is 4.07. The average molecular weight is 250 g/mol. The molecular formula is C13H16ClN3. The molecule has 2 rings (SSSR count). The Balaban J connectivity index is 2.45. The van der Waals surface area contributed by atoms with Crippen LogP contribution in [0.3, 0.4) is 0 Å². The zero-order chi connectivity index (χ0) is 12.4. The molecule has 0 saturated carbocycles. The van der Waals surface area contributed by atoms with E-state index in [1.54, 1.807) is 0 Å². The first-order valence-corrected chi connectivity index (χ1v) is 5.99. The Morgan fingerprint density at radius 1 is 1.29 bits per heavy atom. The van der Waals surface area contributed by atoms with Crippen molar-refractivity contribution in [3.8, 4) is 11.4 Å². The molecule has 0 atom stereocenters. The van der Waals surface area contributed by atoms with Crippen molar-refractivity contribution in [1.82, 2.24) is 9.55 Å². The quantitative estimate of drug-likeness (QED) is 0.909. The fraction of sp³-hybridized carbons (Fsp3) is 0.308. The Bertz CT molecular complexity index is 514. The van der Waals surface area contributed by atoms with Crippen LogP contribution in [0.4, 0.5) is 0 Å². The van der Waals surface area contributed by atoms with Crippen LogP contribution in [0.1, 0.15) is 11.4 Å². The van der Waals surface area contributed by atoms with Gasteiger partial charge in [-0.3, -0.25) is 0 Å². The second kappa shape index (κ2) is 4.90. The summed E-state index contributed by atoms with van der Waals surface area (Å²) in [7, 11) is 2.02. The molecule has 90 valence electrons. The zero-order valence-electron chi connectivity index (χ0n) is 10.1. The van der Waals surface area contributed by atoms with Gasteiger partial charge in [0, 0.05) is 29.7 Å². The highest BCUT2D eigenvalue weighted by Gasteiger charge is 2.11. The molecule has 0 amide bonds. The van der Waals surface area contributed by atoms with Crippen molar-refractivity contribution in [3.63, 3.8) is 0 Å². The molecule has 17 heavy (non-hydrogen) atoms. The van der Waals surface area contributed by atoms with E-state index in [1.807, 2.05) is 31.3 Å². The first kappa shape index (κ1) is 12.1. The van der Waals surface area contributed by atoms with Crippen LogP contribution >= 0.6 is 11.6 Å². The third-order valence-corrected chi connectivity index (χ3v) is 3.21. The van der Waals surface area contributed by atoms with E-state index >= 15 is 0 Å². The van der Waals surface area contributed by atoms with Gasteiger partial charge in [-0.05, 0) is 37.7 Å². The molecule has 0 unspecified atom stereocenters. The number of benzene rings is 1. The summed E-state index contributed by atoms with van der Waals surface area (Å²) < 4.78 is 2.09. The lowest BCUT2D eigenvalue weighted by atomic mass is 10.2. The molecule has 0 aliphatic carbocycles. The molecule has 0 aliphatic heterocycles. The van der Waals surface area contributed by atoms with Crippen molar-refractivity contribution in [2.24, 2.45) is 12.8 Å². The van der Waals surface area contributed by atoms with Gasteiger partial charge in [-0.2, -0.15) is 0 Å². The van der Waals surface area contributed by atoms with Gasteiger partial charge in [-0.1, -0.05) is 11.6 Å². The van der Waals surface area contributed by atoms with Crippen molar-refractivity contribution in [1.29, 1.82) is 0 Å². The van der Waals surface area contributed by atoms with E-state index in [0.29, 0.717) is 6.54 Å². The summed E-state index contributed by atoms with van der Waals surface area (Å²) in [5, 5.41) is 0.738. The summed E-state index contributed by atoms with van der Waals surface area (Å²) in [6.45, 7) is 2.69. The predicted molar refractivity (Wildman–Crippen MR) is 71.1 cm³/mol. The molecular weight excluding hydrogens is 234 g/mol. The smallest absolute Gasteiger partial charge is 0.140 e. The van der Waals surface area contributed by atoms with E-state index in [4.69, 9.17) is 17.3 Å². The maximum atomic E-state index is 5.88. The van der Waals surface area contributed by atoms with Gasteiger partial charge in [-0.15, -0.1) is 0 Å². The SMILES string of the molecule is Cc1c(CCN)nc(-c2ccc(Cl)cc2)n1C. The number of hydrogen-bond donors (Lipinski definition) is 1. The van der Waals surface area contributed by atoms with Crippen molar-refractivity contribution in [2.45, 2.75) is 13.3 Å². The van der Waals surface area contributed by atoms with Gasteiger partial charge in [-0.25, -0.2) is 4.98 Å². The Kier molecular flexibility index (Phi) is 3.50. The van der Waals surface area contributed by atoms with E-state index in [-0.39, 0.29) is 0 Å². The average Bonchev–Trinajstić information content (AvgIpc) is 2.59. The molecule has 0 radical (unpaired) electrons. The predicted octanol–water partition coefficient (Wildman–Crippen LogP) is 2.55. The maximum absolute atomic E-state index is 5.88. The highest BCUT2D eigenvalue weighted by molar-refractivity contribution is 6.30. The fourth-order valence-electron chi connectivity index (χ4n) is 1.87. The first-order chi connectivity index (χ1) is 8.13. The van der Waals surface area contributed by atoms with Gasteiger partial charge in [0.1, 0.15) is 5.82 Å². The lowest BCUT2D eigenvalue weighted by Crippen LogP contribution is -2.04. The normalized spacial score (nSPS) is 10.8. The minimum Gasteiger partial charge on any atom is -0.331 e. The molecule has 1 aromatic carbocycles. The molecule has 0 fully saturated rings. The monoisotopic (exact) mass is 249 g/mol. The summed E-state index contributed by atoms with van der Waals surface area (Å²) in [4.78, 5) is 4.64. The number of hydrogen-bond acceptors (Lipinski definition) is 2. The van der Waals surface area contributed by atoms with Crippen LogP contribution < -0.4 is 5.73 Å². The lowest BCUT2D eigenvalue weighted by Gasteiger charge is -2.03. The van der Waals surface area contributed by atoms with E-state index in [1.165, 1.54) is 5.69 Å². The number of imidazole rings is 1. The van der Waals surface area contributed by atoms with Crippen LogP contribution in [0.5, 0.6) is 0 Å². The Labute approximate surface area is 106 Å². The van der Waals surface area contributed by atoms with Gasteiger partial charge in [0.25, 0.3) is 0 Å². The molecule has 1 heterocycles. The van der Waals surface area contributed by atoms with Crippen molar-refractivity contribution in [3.05, 3.63) is 40.7 Å². The van der Waals surface area contributed by atoms with Crippen LogP contribution in [-0.4, -0.2) is 16.1 Å². The molecule has 0 spiro atoms. The van der Waals surface area contributed by atoms with Gasteiger partial charge < -0.3 is 10.3 Å². The number of aromatic nitrogens is 2. The summed E-state index contributed by atoms with van der Waals surface area (Å²) >= 11 is 5.88. The van der Waals surface area contributed by atoms with Crippen LogP contribution in [0, 0.1) is 6.92 Å². The number of nitrogens with zero attached hydrogens (tertiary/aromatic N) is 2. The topological polar surface area (TPSA) is 43.8 Å². The van der Waals surface area contributed by atoms with Crippen LogP contribution in [0.2, 0.25) is 5.02 Å². The van der Waals surface area contributed by atoms with Crippen LogP contribution in [-0.2, 0) is 13.5 Å². The summed E-state index contributed by atoms with van der Waals surface area (Å²) in [5.74, 6) is 0.961. The third kappa shape index (κ3) is 2.35. The zero-order valence-corrected chi connectivity index (χ0v) is 10.8. The summed E-state index contributed by atoms with van der Waals surface area (Å²) in [6, 6.07) is 7.72. The van der Waals surface area contributed by atoms with Gasteiger partial charge in [0.2, 0.25) is 0 Å². The van der Waals surface area contributed by atoms with Crippen LogP contribution in [0.25, 0.3) is 11.4 Å². The number of nitrogens with two attached hydrogens (primary N) is 1. The van der Waals surface area contributed by atoms with E-state index in [0.717, 1.165) is 28.5 Å². The van der Waals surface area contributed by atoms with Gasteiger partial charge >= 0.3 is 0 Å². The van der Waals surface area contributed by atoms with Crippen molar-refractivity contribution >= 4 is 11.6 Å². The largest absolute Gasteiger partial charge is 0.331 e. The van der Waals surface area contributed by atoms with Crippen molar-refractivity contribution in [2.75, 3.05) is 6.54 Å². The van der Waals surface area contributed by atoms with E-state index in [9.17, 15) is 0 Å². The molecule has 0 aliphatic rings. The van der Waals surface area contributed by atoms with Crippen LogP contribution in [0.15, 0.2) is 24.3 Å². The number of halogens is 1. The summed E-state index contributed by atoms with van der Waals surface area (Å²) in [5.41, 5.74) is 8.89. The van der Waals surface area contributed by atoms with Gasteiger partial charge in [0.05, 0.1) is 5.69 Å². The minimum atomic E-state index is 0.623. The molecule has 2 aromatic rings. The highest BCUT2D eigenvalue weighted by Crippen LogP contribution is 2.22. The Hall–Kier alpha value is -1.32. The summed E-state index contributed by atoms with van der Waals surface area (Å²) in [6.07, 6.45) is 0.813. The molecule has 0 bridgehead atoms. The molecule has 4 heteroatoms. The highest BCUT2D eigenvalue weighted by atomic mass is 35.5. The lowest BCUT2D eigenvalue weighted by molar-refractivity contribution is 0.865. The Morgan fingerprint density at radius 2 is 1.94 bits per heavy atom. The fourth-order valence-corrected chi connectivity index (χ4v) is 1.99. The van der Waals surface area contributed by atoms with Crippen molar-refractivity contribution < 1.29 is 0 Å². The second-order valence-corrected chi connectivity index (χ2v) is 4.51. The van der Waals surface area contributed by atoms with Gasteiger partial charge in [0.15, 0.2) is 0 Å². The standard InChI is InChI=1S/C13H16ClN3/c1-9-12(7-8-15)16-13(17(9)2)10-3-5-11(14)6-4-10/h3-6H,7-8,15H2,1-2H3. The molecule has 1 aromatic heterocycles. The number of rotatable bonds is 3. The molecule has 0 saturated heterocycles.